The predicted molar refractivity (Wildman–Crippen MR) is 123 cm³/mol. The third-order valence-corrected chi connectivity index (χ3v) is 4.90. The minimum atomic E-state index is -0.457. The molecule has 0 fully saturated rings. The van der Waals surface area contributed by atoms with Gasteiger partial charge in [-0.05, 0) is 67.9 Å². The Hall–Kier alpha value is -4.37. The summed E-state index contributed by atoms with van der Waals surface area (Å²) < 4.78 is 5.67. The van der Waals surface area contributed by atoms with Gasteiger partial charge >= 0.3 is 0 Å². The van der Waals surface area contributed by atoms with Crippen LogP contribution in [0.4, 0.5) is 11.4 Å². The summed E-state index contributed by atoms with van der Waals surface area (Å²) in [7, 11) is 0. The summed E-state index contributed by atoms with van der Waals surface area (Å²) in [4.78, 5) is 27.9. The molecule has 6 nitrogen and oxygen atoms in total. The van der Waals surface area contributed by atoms with E-state index in [2.05, 4.69) is 5.32 Å². The van der Waals surface area contributed by atoms with Crippen LogP contribution in [0.1, 0.15) is 25.0 Å². The molecule has 0 bridgehead atoms. The van der Waals surface area contributed by atoms with Crippen LogP contribution in [0.2, 0.25) is 0 Å². The molecule has 0 aromatic heterocycles. The molecule has 1 N–H and O–H groups in total. The fourth-order valence-corrected chi connectivity index (χ4v) is 3.47. The first-order chi connectivity index (χ1) is 15.5. The maximum atomic E-state index is 13.4. The number of anilines is 2. The van der Waals surface area contributed by atoms with Crippen LogP contribution in [0.25, 0.3) is 5.57 Å². The minimum absolute atomic E-state index is 0.0520. The lowest BCUT2D eigenvalue weighted by Crippen LogP contribution is -2.32. The number of amides is 2. The summed E-state index contributed by atoms with van der Waals surface area (Å²) >= 11 is 0. The molecule has 0 atom stereocenters. The summed E-state index contributed by atoms with van der Waals surface area (Å²) in [6.07, 6.45) is 0.0520. The van der Waals surface area contributed by atoms with Crippen molar-refractivity contribution in [3.05, 3.63) is 95.7 Å². The van der Waals surface area contributed by atoms with Crippen LogP contribution in [-0.2, 0) is 9.59 Å². The number of hydrogen-bond donors (Lipinski definition) is 1. The molecule has 0 radical (unpaired) electrons. The number of carbonyl (C=O) groups is 2. The molecule has 3 aromatic carbocycles. The number of nitriles is 1. The van der Waals surface area contributed by atoms with E-state index < -0.39 is 11.8 Å². The first kappa shape index (κ1) is 20.9. The zero-order chi connectivity index (χ0) is 22.7. The topological polar surface area (TPSA) is 82.4 Å². The number of ether oxygens (including phenoxy) is 1. The van der Waals surface area contributed by atoms with Gasteiger partial charge in [0.25, 0.3) is 11.8 Å². The van der Waals surface area contributed by atoms with Crippen LogP contribution < -0.4 is 15.0 Å². The summed E-state index contributed by atoms with van der Waals surface area (Å²) in [6, 6.07) is 24.7. The summed E-state index contributed by atoms with van der Waals surface area (Å²) in [5.74, 6) is -0.162. The molecule has 32 heavy (non-hydrogen) atoms. The SMILES string of the molecule is CC(C)Oc1ccc(NC2=C(c3ccccc3)C(=O)N(c3ccc(C#N)cc3)C2=O)cc1. The van der Waals surface area contributed by atoms with Crippen LogP contribution in [-0.4, -0.2) is 17.9 Å². The zero-order valence-corrected chi connectivity index (χ0v) is 17.7. The van der Waals surface area contributed by atoms with E-state index >= 15 is 0 Å². The van der Waals surface area contributed by atoms with E-state index in [4.69, 9.17) is 10.00 Å². The number of nitrogens with zero attached hydrogens (tertiary/aromatic N) is 2. The average Bonchev–Trinajstić information content (AvgIpc) is 3.04. The quantitative estimate of drug-likeness (QED) is 0.579. The van der Waals surface area contributed by atoms with Crippen molar-refractivity contribution in [2.75, 3.05) is 10.2 Å². The first-order valence-corrected chi connectivity index (χ1v) is 10.2. The van der Waals surface area contributed by atoms with Crippen molar-refractivity contribution in [1.82, 2.24) is 0 Å². The molecule has 0 spiro atoms. The smallest absolute Gasteiger partial charge is 0.282 e. The minimum Gasteiger partial charge on any atom is -0.491 e. The van der Waals surface area contributed by atoms with Gasteiger partial charge in [-0.1, -0.05) is 30.3 Å². The number of hydrogen-bond acceptors (Lipinski definition) is 5. The summed E-state index contributed by atoms with van der Waals surface area (Å²) in [5.41, 5.74) is 2.65. The van der Waals surface area contributed by atoms with Crippen molar-refractivity contribution in [3.63, 3.8) is 0 Å². The lowest BCUT2D eigenvalue weighted by atomic mass is 10.0. The van der Waals surface area contributed by atoms with Gasteiger partial charge in [0.15, 0.2) is 0 Å². The highest BCUT2D eigenvalue weighted by atomic mass is 16.5. The van der Waals surface area contributed by atoms with Gasteiger partial charge in [-0.2, -0.15) is 5.26 Å². The molecule has 6 heteroatoms. The number of imide groups is 1. The van der Waals surface area contributed by atoms with Gasteiger partial charge in [-0.25, -0.2) is 4.90 Å². The van der Waals surface area contributed by atoms with Crippen LogP contribution >= 0.6 is 0 Å². The highest BCUT2D eigenvalue weighted by Crippen LogP contribution is 2.34. The molecule has 3 aromatic rings. The van der Waals surface area contributed by atoms with Gasteiger partial charge < -0.3 is 10.1 Å². The molecule has 2 amide bonds. The highest BCUT2D eigenvalue weighted by molar-refractivity contribution is 6.46. The fraction of sp³-hybridized carbons (Fsp3) is 0.115. The molecule has 1 aliphatic heterocycles. The molecular formula is C26H21N3O3. The molecule has 0 saturated heterocycles. The van der Waals surface area contributed by atoms with Gasteiger partial charge in [0.1, 0.15) is 11.4 Å². The normalized spacial score (nSPS) is 13.5. The fourth-order valence-electron chi connectivity index (χ4n) is 3.47. The molecule has 0 unspecified atom stereocenters. The number of benzene rings is 3. The van der Waals surface area contributed by atoms with Crippen molar-refractivity contribution in [1.29, 1.82) is 5.26 Å². The standard InChI is InChI=1S/C26H21N3O3/c1-17(2)32-22-14-10-20(11-15-22)28-24-23(19-6-4-3-5-7-19)25(30)29(26(24)31)21-12-8-18(16-27)9-13-21/h3-15,17,28H,1-2H3. The van der Waals surface area contributed by atoms with Gasteiger partial charge in [0.2, 0.25) is 0 Å². The van der Waals surface area contributed by atoms with Crippen LogP contribution in [0, 0.1) is 11.3 Å². The lowest BCUT2D eigenvalue weighted by molar-refractivity contribution is -0.120. The largest absolute Gasteiger partial charge is 0.491 e. The van der Waals surface area contributed by atoms with Crippen molar-refractivity contribution < 1.29 is 14.3 Å². The van der Waals surface area contributed by atoms with E-state index in [0.717, 1.165) is 10.6 Å². The van der Waals surface area contributed by atoms with E-state index in [9.17, 15) is 9.59 Å². The Morgan fingerprint density at radius 1 is 0.875 bits per heavy atom. The van der Waals surface area contributed by atoms with E-state index in [1.54, 1.807) is 48.5 Å². The Bertz CT molecular complexity index is 1220. The van der Waals surface area contributed by atoms with E-state index in [0.29, 0.717) is 28.1 Å². The second-order valence-electron chi connectivity index (χ2n) is 7.54. The number of nitrogens with one attached hydrogen (secondary N) is 1. The van der Waals surface area contributed by atoms with Crippen LogP contribution in [0.5, 0.6) is 5.75 Å². The van der Waals surface area contributed by atoms with Crippen molar-refractivity contribution in [2.45, 2.75) is 20.0 Å². The molecule has 0 saturated carbocycles. The Balaban J connectivity index is 1.72. The maximum Gasteiger partial charge on any atom is 0.282 e. The first-order valence-electron chi connectivity index (χ1n) is 10.2. The maximum absolute atomic E-state index is 13.4. The number of rotatable bonds is 6. The average molecular weight is 423 g/mol. The van der Waals surface area contributed by atoms with Gasteiger partial charge in [0.05, 0.1) is 29.0 Å². The monoisotopic (exact) mass is 423 g/mol. The van der Waals surface area contributed by atoms with Crippen molar-refractivity contribution in [2.24, 2.45) is 0 Å². The third-order valence-electron chi connectivity index (χ3n) is 4.90. The van der Waals surface area contributed by atoms with E-state index in [1.165, 1.54) is 0 Å². The van der Waals surface area contributed by atoms with Crippen molar-refractivity contribution in [3.8, 4) is 11.8 Å². The van der Waals surface area contributed by atoms with E-state index in [1.807, 2.05) is 50.2 Å². The second-order valence-corrected chi connectivity index (χ2v) is 7.54. The second kappa shape index (κ2) is 8.78. The van der Waals surface area contributed by atoms with Gasteiger partial charge in [-0.3, -0.25) is 9.59 Å². The molecular weight excluding hydrogens is 402 g/mol. The predicted octanol–water partition coefficient (Wildman–Crippen LogP) is 4.74. The zero-order valence-electron chi connectivity index (χ0n) is 17.7. The Kier molecular flexibility index (Phi) is 5.73. The van der Waals surface area contributed by atoms with Gasteiger partial charge in [-0.15, -0.1) is 0 Å². The van der Waals surface area contributed by atoms with Gasteiger partial charge in [0, 0.05) is 5.69 Å². The van der Waals surface area contributed by atoms with Crippen LogP contribution in [0.15, 0.2) is 84.6 Å². The Morgan fingerprint density at radius 2 is 1.53 bits per heavy atom. The Labute approximate surface area is 186 Å². The Morgan fingerprint density at radius 3 is 2.12 bits per heavy atom. The molecule has 158 valence electrons. The van der Waals surface area contributed by atoms with Crippen molar-refractivity contribution >= 4 is 28.8 Å². The lowest BCUT2D eigenvalue weighted by Gasteiger charge is -2.15. The van der Waals surface area contributed by atoms with E-state index in [-0.39, 0.29) is 11.8 Å². The molecule has 4 rings (SSSR count). The molecule has 1 aliphatic rings. The summed E-state index contributed by atoms with van der Waals surface area (Å²) in [6.45, 7) is 3.90. The summed E-state index contributed by atoms with van der Waals surface area (Å²) in [5, 5.41) is 12.2. The molecule has 0 aliphatic carbocycles. The highest BCUT2D eigenvalue weighted by Gasteiger charge is 2.40. The molecule has 1 heterocycles. The number of carbonyl (C=O) groups excluding carboxylic acids is 2. The third kappa shape index (κ3) is 4.09. The van der Waals surface area contributed by atoms with Crippen LogP contribution in [0.3, 0.4) is 0 Å².